The zero-order valence-corrected chi connectivity index (χ0v) is 12.8. The van der Waals surface area contributed by atoms with Crippen LogP contribution in [0.1, 0.15) is 33.1 Å². The zero-order chi connectivity index (χ0) is 13.9. The van der Waals surface area contributed by atoms with Gasteiger partial charge in [-0.3, -0.25) is 4.90 Å². The summed E-state index contributed by atoms with van der Waals surface area (Å²) in [5.41, 5.74) is 2.60. The standard InChI is InChI=1S/C17H27N3/c1-3-18-15-6-8-16(9-7-15)19-12-10-17(13-19)20-11-4-5-14(20)2/h6-9,14,17-18H,3-5,10-13H2,1-2H3/t14-,17-/m0/s1. The van der Waals surface area contributed by atoms with Gasteiger partial charge >= 0.3 is 0 Å². The first-order chi connectivity index (χ1) is 9.78. The van der Waals surface area contributed by atoms with E-state index >= 15 is 0 Å². The van der Waals surface area contributed by atoms with Crippen LogP contribution in [0.25, 0.3) is 0 Å². The monoisotopic (exact) mass is 273 g/mol. The molecular formula is C17H27N3. The van der Waals surface area contributed by atoms with E-state index in [2.05, 4.69) is 53.2 Å². The van der Waals surface area contributed by atoms with E-state index in [4.69, 9.17) is 0 Å². The Hall–Kier alpha value is -1.22. The number of rotatable bonds is 4. The van der Waals surface area contributed by atoms with Crippen LogP contribution >= 0.6 is 0 Å². The summed E-state index contributed by atoms with van der Waals surface area (Å²) in [5.74, 6) is 0. The molecule has 2 fully saturated rings. The average Bonchev–Trinajstić information content (AvgIpc) is 3.08. The first-order valence-corrected chi connectivity index (χ1v) is 8.12. The number of benzene rings is 1. The van der Waals surface area contributed by atoms with Crippen molar-refractivity contribution in [3.05, 3.63) is 24.3 Å². The largest absolute Gasteiger partial charge is 0.385 e. The Balaban J connectivity index is 1.61. The molecule has 1 aromatic carbocycles. The molecule has 3 rings (SSSR count). The van der Waals surface area contributed by atoms with Gasteiger partial charge in [0.05, 0.1) is 0 Å². The third kappa shape index (κ3) is 2.78. The molecular weight excluding hydrogens is 246 g/mol. The number of anilines is 2. The van der Waals surface area contributed by atoms with Crippen LogP contribution in [-0.4, -0.2) is 43.2 Å². The fourth-order valence-corrected chi connectivity index (χ4v) is 3.74. The molecule has 3 heteroatoms. The highest BCUT2D eigenvalue weighted by Crippen LogP contribution is 2.28. The lowest BCUT2D eigenvalue weighted by molar-refractivity contribution is 0.204. The Morgan fingerprint density at radius 3 is 2.60 bits per heavy atom. The number of nitrogens with zero attached hydrogens (tertiary/aromatic N) is 2. The van der Waals surface area contributed by atoms with E-state index in [1.165, 1.54) is 50.3 Å². The van der Waals surface area contributed by atoms with E-state index in [0.29, 0.717) is 0 Å². The van der Waals surface area contributed by atoms with Crippen LogP contribution in [0.5, 0.6) is 0 Å². The smallest absolute Gasteiger partial charge is 0.0368 e. The molecule has 0 aliphatic carbocycles. The predicted octanol–water partition coefficient (Wildman–Crippen LogP) is 3.18. The summed E-state index contributed by atoms with van der Waals surface area (Å²) < 4.78 is 0. The molecule has 0 amide bonds. The van der Waals surface area contributed by atoms with Crippen molar-refractivity contribution in [2.45, 2.75) is 45.2 Å². The second-order valence-corrected chi connectivity index (χ2v) is 6.19. The van der Waals surface area contributed by atoms with Crippen molar-refractivity contribution in [3.8, 4) is 0 Å². The summed E-state index contributed by atoms with van der Waals surface area (Å²) in [6.07, 6.45) is 4.09. The molecule has 0 unspecified atom stereocenters. The van der Waals surface area contributed by atoms with Gasteiger partial charge in [0.15, 0.2) is 0 Å². The number of nitrogens with one attached hydrogen (secondary N) is 1. The lowest BCUT2D eigenvalue weighted by atomic mass is 10.2. The van der Waals surface area contributed by atoms with E-state index in [9.17, 15) is 0 Å². The summed E-state index contributed by atoms with van der Waals surface area (Å²) >= 11 is 0. The van der Waals surface area contributed by atoms with Gasteiger partial charge in [0.2, 0.25) is 0 Å². The number of hydrogen-bond acceptors (Lipinski definition) is 3. The first-order valence-electron chi connectivity index (χ1n) is 8.12. The highest BCUT2D eigenvalue weighted by molar-refractivity contribution is 5.55. The van der Waals surface area contributed by atoms with Crippen LogP contribution in [0.4, 0.5) is 11.4 Å². The van der Waals surface area contributed by atoms with Crippen molar-refractivity contribution < 1.29 is 0 Å². The lowest BCUT2D eigenvalue weighted by Crippen LogP contribution is -2.39. The van der Waals surface area contributed by atoms with E-state index in [1.54, 1.807) is 0 Å². The Bertz CT molecular complexity index is 428. The van der Waals surface area contributed by atoms with E-state index in [-0.39, 0.29) is 0 Å². The molecule has 0 aromatic heterocycles. The molecule has 0 spiro atoms. The summed E-state index contributed by atoms with van der Waals surface area (Å²) in [6, 6.07) is 10.5. The molecule has 0 saturated carbocycles. The molecule has 0 radical (unpaired) electrons. The van der Waals surface area contributed by atoms with Gasteiger partial charge in [0, 0.05) is 43.1 Å². The lowest BCUT2D eigenvalue weighted by Gasteiger charge is -2.28. The van der Waals surface area contributed by atoms with Crippen LogP contribution < -0.4 is 10.2 Å². The van der Waals surface area contributed by atoms with Gasteiger partial charge in [0.1, 0.15) is 0 Å². The summed E-state index contributed by atoms with van der Waals surface area (Å²) in [5, 5.41) is 3.36. The van der Waals surface area contributed by atoms with Crippen molar-refractivity contribution in [1.82, 2.24) is 4.90 Å². The fraction of sp³-hybridized carbons (Fsp3) is 0.647. The molecule has 2 aliphatic rings. The average molecular weight is 273 g/mol. The van der Waals surface area contributed by atoms with Crippen LogP contribution in [0, 0.1) is 0 Å². The van der Waals surface area contributed by atoms with Crippen molar-refractivity contribution in [3.63, 3.8) is 0 Å². The van der Waals surface area contributed by atoms with E-state index < -0.39 is 0 Å². The second kappa shape index (κ2) is 6.04. The third-order valence-corrected chi connectivity index (χ3v) is 4.85. The summed E-state index contributed by atoms with van der Waals surface area (Å²) in [6.45, 7) is 9.22. The maximum atomic E-state index is 3.36. The number of likely N-dealkylation sites (tertiary alicyclic amines) is 1. The van der Waals surface area contributed by atoms with Crippen LogP contribution in [0.2, 0.25) is 0 Å². The molecule has 110 valence electrons. The van der Waals surface area contributed by atoms with Gasteiger partial charge in [-0.25, -0.2) is 0 Å². The second-order valence-electron chi connectivity index (χ2n) is 6.19. The molecule has 2 heterocycles. The van der Waals surface area contributed by atoms with Crippen molar-refractivity contribution in [1.29, 1.82) is 0 Å². The molecule has 2 saturated heterocycles. The van der Waals surface area contributed by atoms with Crippen LogP contribution in [0.3, 0.4) is 0 Å². The maximum absolute atomic E-state index is 3.36. The molecule has 1 aromatic rings. The fourth-order valence-electron chi connectivity index (χ4n) is 3.74. The SMILES string of the molecule is CCNc1ccc(N2CC[C@H](N3CCC[C@@H]3C)C2)cc1. The predicted molar refractivity (Wildman–Crippen MR) is 86.6 cm³/mol. The van der Waals surface area contributed by atoms with Gasteiger partial charge in [-0.2, -0.15) is 0 Å². The van der Waals surface area contributed by atoms with Crippen molar-refractivity contribution in [2.24, 2.45) is 0 Å². The Labute approximate surface area is 123 Å². The van der Waals surface area contributed by atoms with Gasteiger partial charge in [-0.15, -0.1) is 0 Å². The zero-order valence-electron chi connectivity index (χ0n) is 12.8. The minimum Gasteiger partial charge on any atom is -0.385 e. The molecule has 2 aliphatic heterocycles. The van der Waals surface area contributed by atoms with Crippen molar-refractivity contribution >= 4 is 11.4 Å². The maximum Gasteiger partial charge on any atom is 0.0368 e. The minimum atomic E-state index is 0.765. The molecule has 1 N–H and O–H groups in total. The van der Waals surface area contributed by atoms with Crippen molar-refractivity contribution in [2.75, 3.05) is 36.4 Å². The Morgan fingerprint density at radius 1 is 1.15 bits per heavy atom. The molecule has 0 bridgehead atoms. The highest BCUT2D eigenvalue weighted by atomic mass is 15.3. The number of hydrogen-bond donors (Lipinski definition) is 1. The topological polar surface area (TPSA) is 18.5 Å². The quantitative estimate of drug-likeness (QED) is 0.909. The molecule has 3 nitrogen and oxygen atoms in total. The molecule has 20 heavy (non-hydrogen) atoms. The minimum absolute atomic E-state index is 0.765. The van der Waals surface area contributed by atoms with Gasteiger partial charge in [-0.05, 0) is 63.9 Å². The highest BCUT2D eigenvalue weighted by Gasteiger charge is 2.32. The van der Waals surface area contributed by atoms with Gasteiger partial charge in [-0.1, -0.05) is 0 Å². The first kappa shape index (κ1) is 13.7. The van der Waals surface area contributed by atoms with E-state index in [1.807, 2.05) is 0 Å². The summed E-state index contributed by atoms with van der Waals surface area (Å²) in [7, 11) is 0. The molecule has 2 atom stereocenters. The van der Waals surface area contributed by atoms with Crippen LogP contribution in [-0.2, 0) is 0 Å². The summed E-state index contributed by atoms with van der Waals surface area (Å²) in [4.78, 5) is 5.28. The Kier molecular flexibility index (Phi) is 4.16. The normalized spacial score (nSPS) is 27.2. The Morgan fingerprint density at radius 2 is 1.95 bits per heavy atom. The third-order valence-electron chi connectivity index (χ3n) is 4.85. The van der Waals surface area contributed by atoms with Gasteiger partial charge in [0.25, 0.3) is 0 Å². The van der Waals surface area contributed by atoms with Gasteiger partial charge < -0.3 is 10.2 Å². The van der Waals surface area contributed by atoms with E-state index in [0.717, 1.165) is 18.6 Å². The van der Waals surface area contributed by atoms with Crippen LogP contribution in [0.15, 0.2) is 24.3 Å².